The molecule has 0 radical (unpaired) electrons. The highest BCUT2D eigenvalue weighted by molar-refractivity contribution is 7.99. The molecule has 1 aromatic carbocycles. The predicted octanol–water partition coefficient (Wildman–Crippen LogP) is 1.09. The molecule has 0 spiro atoms. The molecule has 0 unspecified atom stereocenters. The van der Waals surface area contributed by atoms with Gasteiger partial charge in [-0.3, -0.25) is 14.5 Å². The molecule has 25 heavy (non-hydrogen) atoms. The SMILES string of the molecule is O=C(NCCCN1CCOCC1)[C@@H]1CS[C@H]2c3ccccc3C(=O)N12. The quantitative estimate of drug-likeness (QED) is 0.796. The van der Waals surface area contributed by atoms with Gasteiger partial charge >= 0.3 is 0 Å². The molecular weight excluding hydrogens is 338 g/mol. The monoisotopic (exact) mass is 361 g/mol. The predicted molar refractivity (Wildman–Crippen MR) is 96.5 cm³/mol. The van der Waals surface area contributed by atoms with Gasteiger partial charge in [-0.15, -0.1) is 11.8 Å². The molecule has 2 amide bonds. The number of rotatable bonds is 5. The van der Waals surface area contributed by atoms with Gasteiger partial charge in [0.25, 0.3) is 5.91 Å². The zero-order valence-electron chi connectivity index (χ0n) is 14.1. The Balaban J connectivity index is 1.29. The summed E-state index contributed by atoms with van der Waals surface area (Å²) in [6.07, 6.45) is 0.920. The number of nitrogens with one attached hydrogen (secondary N) is 1. The van der Waals surface area contributed by atoms with Gasteiger partial charge in [-0.25, -0.2) is 0 Å². The summed E-state index contributed by atoms with van der Waals surface area (Å²) in [6.45, 7) is 5.15. The first-order valence-electron chi connectivity index (χ1n) is 8.87. The smallest absolute Gasteiger partial charge is 0.256 e. The summed E-state index contributed by atoms with van der Waals surface area (Å²) < 4.78 is 5.34. The molecule has 2 atom stereocenters. The van der Waals surface area contributed by atoms with Crippen LogP contribution in [0.3, 0.4) is 0 Å². The molecule has 0 saturated carbocycles. The molecule has 1 aromatic rings. The molecule has 4 rings (SSSR count). The Morgan fingerprint density at radius 2 is 2.08 bits per heavy atom. The number of carbonyl (C=O) groups is 2. The van der Waals surface area contributed by atoms with Crippen LogP contribution in [0.15, 0.2) is 24.3 Å². The van der Waals surface area contributed by atoms with Crippen LogP contribution in [0.25, 0.3) is 0 Å². The Morgan fingerprint density at radius 3 is 2.92 bits per heavy atom. The average molecular weight is 361 g/mol. The normalized spacial score (nSPS) is 25.8. The Kier molecular flexibility index (Phi) is 4.96. The maximum atomic E-state index is 12.6. The molecule has 1 N–H and O–H groups in total. The third-order valence-electron chi connectivity index (χ3n) is 5.05. The molecule has 3 aliphatic rings. The van der Waals surface area contributed by atoms with Crippen LogP contribution < -0.4 is 5.32 Å². The van der Waals surface area contributed by atoms with Gasteiger partial charge in [0.2, 0.25) is 5.91 Å². The zero-order valence-corrected chi connectivity index (χ0v) is 15.0. The first-order valence-corrected chi connectivity index (χ1v) is 9.91. The van der Waals surface area contributed by atoms with Gasteiger partial charge in [-0.2, -0.15) is 0 Å². The van der Waals surface area contributed by atoms with Crippen molar-refractivity contribution in [3.8, 4) is 0 Å². The lowest BCUT2D eigenvalue weighted by Crippen LogP contribution is -2.46. The van der Waals surface area contributed by atoms with Crippen molar-refractivity contribution in [1.82, 2.24) is 15.1 Å². The fourth-order valence-corrected chi connectivity index (χ4v) is 5.16. The van der Waals surface area contributed by atoms with Crippen molar-refractivity contribution in [1.29, 1.82) is 0 Å². The third kappa shape index (κ3) is 3.28. The number of carbonyl (C=O) groups excluding carboxylic acids is 2. The highest BCUT2D eigenvalue weighted by Gasteiger charge is 2.48. The molecule has 6 nitrogen and oxygen atoms in total. The standard InChI is InChI=1S/C18H23N3O3S/c22-16(19-6-3-7-20-8-10-24-11-9-20)15-12-25-18-14-5-2-1-4-13(14)17(23)21(15)18/h1-2,4-5,15,18H,3,6-12H2,(H,19,22)/t15-,18-/m0/s1. The van der Waals surface area contributed by atoms with Crippen LogP contribution in [0.2, 0.25) is 0 Å². The van der Waals surface area contributed by atoms with E-state index in [4.69, 9.17) is 4.74 Å². The minimum absolute atomic E-state index is 0.00667. The molecule has 2 fully saturated rings. The number of amides is 2. The molecule has 0 aliphatic carbocycles. The van der Waals surface area contributed by atoms with Crippen LogP contribution >= 0.6 is 11.8 Å². The first-order chi connectivity index (χ1) is 12.3. The fraction of sp³-hybridized carbons (Fsp3) is 0.556. The van der Waals surface area contributed by atoms with E-state index in [1.165, 1.54) is 0 Å². The van der Waals surface area contributed by atoms with Crippen molar-refractivity contribution in [2.45, 2.75) is 17.8 Å². The number of ether oxygens (including phenoxy) is 1. The van der Waals surface area contributed by atoms with Crippen LogP contribution in [-0.2, 0) is 9.53 Å². The van der Waals surface area contributed by atoms with Crippen LogP contribution in [0.4, 0.5) is 0 Å². The topological polar surface area (TPSA) is 61.9 Å². The second kappa shape index (κ2) is 7.35. The van der Waals surface area contributed by atoms with E-state index in [2.05, 4.69) is 10.2 Å². The van der Waals surface area contributed by atoms with Crippen molar-refractivity contribution >= 4 is 23.6 Å². The lowest BCUT2D eigenvalue weighted by molar-refractivity contribution is -0.124. The summed E-state index contributed by atoms with van der Waals surface area (Å²) in [7, 11) is 0. The minimum atomic E-state index is -0.363. The van der Waals surface area contributed by atoms with Crippen molar-refractivity contribution in [3.63, 3.8) is 0 Å². The van der Waals surface area contributed by atoms with E-state index in [9.17, 15) is 9.59 Å². The van der Waals surface area contributed by atoms with Gasteiger partial charge in [-0.1, -0.05) is 18.2 Å². The summed E-state index contributed by atoms with van der Waals surface area (Å²) in [6, 6.07) is 7.32. The van der Waals surface area contributed by atoms with Crippen molar-refractivity contribution in [2.75, 3.05) is 45.1 Å². The highest BCUT2D eigenvalue weighted by atomic mass is 32.2. The van der Waals surface area contributed by atoms with Crippen LogP contribution in [0, 0.1) is 0 Å². The molecule has 7 heteroatoms. The lowest BCUT2D eigenvalue weighted by atomic mass is 10.1. The summed E-state index contributed by atoms with van der Waals surface area (Å²) in [5, 5.41) is 3.01. The van der Waals surface area contributed by atoms with E-state index in [-0.39, 0.29) is 23.2 Å². The van der Waals surface area contributed by atoms with Gasteiger partial charge in [0.15, 0.2) is 0 Å². The van der Waals surface area contributed by atoms with E-state index in [0.29, 0.717) is 12.3 Å². The van der Waals surface area contributed by atoms with Gasteiger partial charge in [-0.05, 0) is 24.6 Å². The second-order valence-corrected chi connectivity index (χ2v) is 7.71. The Labute approximate surface area is 151 Å². The zero-order chi connectivity index (χ0) is 17.2. The molecular formula is C18H23N3O3S. The summed E-state index contributed by atoms with van der Waals surface area (Å²) in [5.41, 5.74) is 1.78. The Hall–Kier alpha value is -1.57. The van der Waals surface area contributed by atoms with Crippen LogP contribution in [0.1, 0.15) is 27.7 Å². The van der Waals surface area contributed by atoms with Crippen molar-refractivity contribution in [3.05, 3.63) is 35.4 Å². The number of thioether (sulfide) groups is 1. The van der Waals surface area contributed by atoms with E-state index in [0.717, 1.165) is 50.4 Å². The van der Waals surface area contributed by atoms with Gasteiger partial charge in [0.1, 0.15) is 11.4 Å². The van der Waals surface area contributed by atoms with Gasteiger partial charge in [0, 0.05) is 31.0 Å². The van der Waals surface area contributed by atoms with Crippen LogP contribution in [0.5, 0.6) is 0 Å². The Morgan fingerprint density at radius 1 is 1.28 bits per heavy atom. The van der Waals surface area contributed by atoms with E-state index in [1.807, 2.05) is 24.3 Å². The summed E-state index contributed by atoms with van der Waals surface area (Å²) in [5.74, 6) is 0.622. The molecule has 0 bridgehead atoms. The summed E-state index contributed by atoms with van der Waals surface area (Å²) in [4.78, 5) is 29.3. The number of morpholine rings is 1. The van der Waals surface area contributed by atoms with Crippen LogP contribution in [-0.4, -0.2) is 72.8 Å². The number of hydrogen-bond acceptors (Lipinski definition) is 5. The third-order valence-corrected chi connectivity index (χ3v) is 6.35. The van der Waals surface area contributed by atoms with Crippen molar-refractivity contribution in [2.24, 2.45) is 0 Å². The average Bonchev–Trinajstić information content (AvgIpc) is 3.20. The molecule has 3 heterocycles. The van der Waals surface area contributed by atoms with E-state index < -0.39 is 0 Å². The minimum Gasteiger partial charge on any atom is -0.379 e. The summed E-state index contributed by atoms with van der Waals surface area (Å²) >= 11 is 1.68. The van der Waals surface area contributed by atoms with E-state index >= 15 is 0 Å². The fourth-order valence-electron chi connectivity index (χ4n) is 3.70. The second-order valence-electron chi connectivity index (χ2n) is 6.60. The molecule has 3 aliphatic heterocycles. The number of nitrogens with zero attached hydrogens (tertiary/aromatic N) is 2. The maximum Gasteiger partial charge on any atom is 0.256 e. The highest BCUT2D eigenvalue weighted by Crippen LogP contribution is 2.47. The van der Waals surface area contributed by atoms with Gasteiger partial charge < -0.3 is 15.0 Å². The largest absolute Gasteiger partial charge is 0.379 e. The van der Waals surface area contributed by atoms with Gasteiger partial charge in [0.05, 0.1) is 13.2 Å². The Bertz CT molecular complexity index is 663. The van der Waals surface area contributed by atoms with Crippen molar-refractivity contribution < 1.29 is 14.3 Å². The molecule has 0 aromatic heterocycles. The maximum absolute atomic E-state index is 12.6. The molecule has 2 saturated heterocycles. The number of fused-ring (bicyclic) bond motifs is 3. The number of hydrogen-bond donors (Lipinski definition) is 1. The number of benzene rings is 1. The molecule has 134 valence electrons. The van der Waals surface area contributed by atoms with E-state index in [1.54, 1.807) is 16.7 Å². The first kappa shape index (κ1) is 16.9. The lowest BCUT2D eigenvalue weighted by Gasteiger charge is -2.26.